The molecular weight excluding hydrogens is 324 g/mol. The lowest BCUT2D eigenvalue weighted by Gasteiger charge is -2.24. The standard InChI is InChI=1S/C18H16N2O5/c1-23-18(22)13-8-6-12(7-9-13)10-19-20-17(21)16-11-24-14-4-2-3-5-15(14)25-16/h2-10,16H,11H2,1H3,(H,20,21)/b19-10+/t16-/m0/s1. The third kappa shape index (κ3) is 3.95. The maximum absolute atomic E-state index is 12.1. The van der Waals surface area contributed by atoms with E-state index in [0.29, 0.717) is 17.1 Å². The molecule has 7 heteroatoms. The number of amides is 1. The van der Waals surface area contributed by atoms with E-state index in [1.54, 1.807) is 42.5 Å². The molecule has 128 valence electrons. The minimum atomic E-state index is -0.770. The number of ether oxygens (including phenoxy) is 3. The molecule has 2 aromatic carbocycles. The Morgan fingerprint density at radius 1 is 1.16 bits per heavy atom. The van der Waals surface area contributed by atoms with E-state index in [4.69, 9.17) is 9.47 Å². The predicted octanol–water partition coefficient (Wildman–Crippen LogP) is 1.76. The van der Waals surface area contributed by atoms with Crippen molar-refractivity contribution in [3.63, 3.8) is 0 Å². The summed E-state index contributed by atoms with van der Waals surface area (Å²) in [6.07, 6.45) is 0.699. The molecule has 7 nitrogen and oxygen atoms in total. The molecule has 0 unspecified atom stereocenters. The van der Waals surface area contributed by atoms with E-state index in [-0.39, 0.29) is 6.61 Å². The first-order valence-electron chi connectivity index (χ1n) is 7.57. The van der Waals surface area contributed by atoms with Gasteiger partial charge in [0, 0.05) is 0 Å². The van der Waals surface area contributed by atoms with Crippen molar-refractivity contribution in [2.24, 2.45) is 5.10 Å². The maximum Gasteiger partial charge on any atom is 0.337 e. The molecule has 0 fully saturated rings. The Kier molecular flexibility index (Phi) is 4.94. The van der Waals surface area contributed by atoms with Gasteiger partial charge >= 0.3 is 5.97 Å². The van der Waals surface area contributed by atoms with Crippen molar-refractivity contribution in [3.8, 4) is 11.5 Å². The Bertz CT molecular complexity index is 801. The van der Waals surface area contributed by atoms with Gasteiger partial charge in [0.25, 0.3) is 5.91 Å². The second kappa shape index (κ2) is 7.48. The van der Waals surface area contributed by atoms with E-state index in [9.17, 15) is 9.59 Å². The molecule has 25 heavy (non-hydrogen) atoms. The average molecular weight is 340 g/mol. The maximum atomic E-state index is 12.1. The van der Waals surface area contributed by atoms with Gasteiger partial charge in [-0.25, -0.2) is 10.2 Å². The van der Waals surface area contributed by atoms with E-state index >= 15 is 0 Å². The lowest BCUT2D eigenvalue weighted by atomic mass is 10.1. The molecule has 0 bridgehead atoms. The Labute approximate surface area is 144 Å². The van der Waals surface area contributed by atoms with Crippen LogP contribution in [0.25, 0.3) is 0 Å². The minimum Gasteiger partial charge on any atom is -0.485 e. The van der Waals surface area contributed by atoms with Crippen molar-refractivity contribution in [1.29, 1.82) is 0 Å². The van der Waals surface area contributed by atoms with E-state index in [1.165, 1.54) is 13.3 Å². The highest BCUT2D eigenvalue weighted by Crippen LogP contribution is 2.30. The molecule has 0 aliphatic carbocycles. The minimum absolute atomic E-state index is 0.117. The fourth-order valence-electron chi connectivity index (χ4n) is 2.21. The van der Waals surface area contributed by atoms with Crippen molar-refractivity contribution in [3.05, 3.63) is 59.7 Å². The summed E-state index contributed by atoms with van der Waals surface area (Å²) in [6, 6.07) is 13.8. The Morgan fingerprint density at radius 2 is 1.88 bits per heavy atom. The van der Waals surface area contributed by atoms with E-state index in [1.807, 2.05) is 6.07 Å². The molecule has 1 N–H and O–H groups in total. The van der Waals surface area contributed by atoms with Gasteiger partial charge in [-0.15, -0.1) is 0 Å². The molecule has 1 aliphatic heterocycles. The number of benzene rings is 2. The van der Waals surface area contributed by atoms with Crippen LogP contribution in [0.3, 0.4) is 0 Å². The van der Waals surface area contributed by atoms with Gasteiger partial charge < -0.3 is 14.2 Å². The number of hydrogen-bond donors (Lipinski definition) is 1. The quantitative estimate of drug-likeness (QED) is 0.521. The van der Waals surface area contributed by atoms with Gasteiger partial charge in [0.05, 0.1) is 18.9 Å². The van der Waals surface area contributed by atoms with Gasteiger partial charge in [-0.3, -0.25) is 4.79 Å². The van der Waals surface area contributed by atoms with Crippen LogP contribution in [0.4, 0.5) is 0 Å². The first kappa shape index (κ1) is 16.5. The summed E-state index contributed by atoms with van der Waals surface area (Å²) in [7, 11) is 1.32. The summed E-state index contributed by atoms with van der Waals surface area (Å²) in [5.74, 6) is 0.320. The summed E-state index contributed by atoms with van der Waals surface area (Å²) in [4.78, 5) is 23.4. The van der Waals surface area contributed by atoms with Gasteiger partial charge in [0.2, 0.25) is 6.10 Å². The van der Waals surface area contributed by atoms with Crippen LogP contribution in [-0.4, -0.2) is 37.9 Å². The molecule has 0 saturated carbocycles. The number of carbonyl (C=O) groups is 2. The summed E-state index contributed by atoms with van der Waals surface area (Å²) < 4.78 is 15.7. The number of hydrazone groups is 1. The summed E-state index contributed by atoms with van der Waals surface area (Å²) in [5.41, 5.74) is 3.58. The second-order valence-electron chi connectivity index (χ2n) is 5.21. The fourth-order valence-corrected chi connectivity index (χ4v) is 2.21. The number of nitrogens with one attached hydrogen (secondary N) is 1. The fraction of sp³-hybridized carbons (Fsp3) is 0.167. The van der Waals surface area contributed by atoms with E-state index in [2.05, 4.69) is 15.3 Å². The van der Waals surface area contributed by atoms with Gasteiger partial charge in [0.15, 0.2) is 11.5 Å². The van der Waals surface area contributed by atoms with Crippen LogP contribution < -0.4 is 14.9 Å². The lowest BCUT2D eigenvalue weighted by molar-refractivity contribution is -0.130. The SMILES string of the molecule is COC(=O)c1ccc(/C=N/NC(=O)[C@@H]2COc3ccccc3O2)cc1. The average Bonchev–Trinajstić information content (AvgIpc) is 2.67. The number of methoxy groups -OCH3 is 1. The van der Waals surface area contributed by atoms with E-state index in [0.717, 1.165) is 5.56 Å². The summed E-state index contributed by atoms with van der Waals surface area (Å²) in [6.45, 7) is 0.117. The highest BCUT2D eigenvalue weighted by Gasteiger charge is 2.26. The van der Waals surface area contributed by atoms with Crippen molar-refractivity contribution in [1.82, 2.24) is 5.43 Å². The third-order valence-electron chi connectivity index (χ3n) is 3.52. The smallest absolute Gasteiger partial charge is 0.337 e. The Hall–Kier alpha value is -3.35. The van der Waals surface area contributed by atoms with Gasteiger partial charge in [-0.2, -0.15) is 5.10 Å². The number of fused-ring (bicyclic) bond motifs is 1. The van der Waals surface area contributed by atoms with Gasteiger partial charge in [-0.05, 0) is 29.8 Å². The van der Waals surface area contributed by atoms with Crippen LogP contribution in [0.5, 0.6) is 11.5 Å². The predicted molar refractivity (Wildman–Crippen MR) is 89.9 cm³/mol. The second-order valence-corrected chi connectivity index (χ2v) is 5.21. The Morgan fingerprint density at radius 3 is 2.60 bits per heavy atom. The lowest BCUT2D eigenvalue weighted by Crippen LogP contribution is -2.42. The van der Waals surface area contributed by atoms with Crippen molar-refractivity contribution >= 4 is 18.1 Å². The van der Waals surface area contributed by atoms with Crippen LogP contribution >= 0.6 is 0 Å². The topological polar surface area (TPSA) is 86.2 Å². The first-order valence-corrected chi connectivity index (χ1v) is 7.57. The zero-order chi connectivity index (χ0) is 17.6. The molecule has 0 aromatic heterocycles. The molecule has 0 radical (unpaired) electrons. The number of rotatable bonds is 4. The molecule has 1 atom stereocenters. The molecule has 1 amide bonds. The monoisotopic (exact) mass is 340 g/mol. The molecule has 3 rings (SSSR count). The highest BCUT2D eigenvalue weighted by molar-refractivity contribution is 5.91. The number of hydrogen-bond acceptors (Lipinski definition) is 6. The van der Waals surface area contributed by atoms with E-state index < -0.39 is 18.0 Å². The molecule has 1 heterocycles. The molecule has 0 spiro atoms. The van der Waals surface area contributed by atoms with Crippen molar-refractivity contribution in [2.45, 2.75) is 6.10 Å². The van der Waals surface area contributed by atoms with Crippen LogP contribution in [0.1, 0.15) is 15.9 Å². The normalized spacial score (nSPS) is 15.6. The zero-order valence-corrected chi connectivity index (χ0v) is 13.5. The number of esters is 1. The Balaban J connectivity index is 1.55. The van der Waals surface area contributed by atoms with Crippen molar-refractivity contribution in [2.75, 3.05) is 13.7 Å². The van der Waals surface area contributed by atoms with Gasteiger partial charge in [-0.1, -0.05) is 24.3 Å². The van der Waals surface area contributed by atoms with Crippen LogP contribution in [0.2, 0.25) is 0 Å². The van der Waals surface area contributed by atoms with Crippen LogP contribution in [-0.2, 0) is 9.53 Å². The number of carbonyl (C=O) groups excluding carboxylic acids is 2. The molecule has 1 aliphatic rings. The largest absolute Gasteiger partial charge is 0.485 e. The van der Waals surface area contributed by atoms with Crippen LogP contribution in [0, 0.1) is 0 Å². The molecular formula is C18H16N2O5. The molecule has 2 aromatic rings. The third-order valence-corrected chi connectivity index (χ3v) is 3.52. The van der Waals surface area contributed by atoms with Gasteiger partial charge in [0.1, 0.15) is 6.61 Å². The van der Waals surface area contributed by atoms with Crippen LogP contribution in [0.15, 0.2) is 53.6 Å². The number of nitrogens with zero attached hydrogens (tertiary/aromatic N) is 1. The summed E-state index contributed by atoms with van der Waals surface area (Å²) in [5, 5.41) is 3.89. The first-order chi connectivity index (χ1) is 12.2. The zero-order valence-electron chi connectivity index (χ0n) is 13.5. The van der Waals surface area contributed by atoms with Crippen molar-refractivity contribution < 1.29 is 23.8 Å². The molecule has 0 saturated heterocycles. The highest BCUT2D eigenvalue weighted by atomic mass is 16.6. The number of para-hydroxylation sites is 2. The summed E-state index contributed by atoms with van der Waals surface area (Å²) >= 11 is 0.